The molecule has 1 saturated heterocycles. The zero-order chi connectivity index (χ0) is 13.9. The number of hydrogen-bond donors (Lipinski definition) is 1. The van der Waals surface area contributed by atoms with E-state index in [0.717, 1.165) is 32.2 Å². The molecule has 0 aromatic heterocycles. The van der Waals surface area contributed by atoms with Crippen LogP contribution in [-0.4, -0.2) is 56.4 Å². The molecule has 2 rings (SSSR count). The molecule has 0 aromatic rings. The molecule has 0 aromatic carbocycles. The minimum Gasteiger partial charge on any atom is -0.378 e. The molecule has 112 valence electrons. The van der Waals surface area contributed by atoms with E-state index in [0.29, 0.717) is 19.2 Å². The Morgan fingerprint density at radius 2 is 2.05 bits per heavy atom. The van der Waals surface area contributed by atoms with E-state index in [4.69, 9.17) is 4.74 Å². The highest BCUT2D eigenvalue weighted by atomic mass is 32.2. The Morgan fingerprint density at radius 3 is 2.58 bits per heavy atom. The van der Waals surface area contributed by atoms with E-state index in [9.17, 15) is 8.42 Å². The molecular weight excluding hydrogens is 264 g/mol. The standard InChI is InChI=1S/C13H26N2O3S/c1-11(2)18-8-9-19(16,17)15(13-5-6-13)10-12-4-3-7-14-12/h11-14H,3-10H2,1-2H3. The van der Waals surface area contributed by atoms with Crippen LogP contribution in [0.3, 0.4) is 0 Å². The lowest BCUT2D eigenvalue weighted by Gasteiger charge is -2.25. The third-order valence-corrected chi connectivity index (χ3v) is 5.51. The number of nitrogens with zero attached hydrogens (tertiary/aromatic N) is 1. The van der Waals surface area contributed by atoms with Gasteiger partial charge in [0.1, 0.15) is 0 Å². The summed E-state index contributed by atoms with van der Waals surface area (Å²) in [6.45, 7) is 5.79. The van der Waals surface area contributed by atoms with Gasteiger partial charge >= 0.3 is 0 Å². The van der Waals surface area contributed by atoms with Gasteiger partial charge < -0.3 is 10.1 Å². The Kier molecular flexibility index (Phi) is 5.22. The fourth-order valence-corrected chi connectivity index (χ4v) is 4.10. The summed E-state index contributed by atoms with van der Waals surface area (Å²) in [6, 6.07) is 0.577. The van der Waals surface area contributed by atoms with Crippen molar-refractivity contribution in [2.45, 2.75) is 57.7 Å². The lowest BCUT2D eigenvalue weighted by Crippen LogP contribution is -2.44. The predicted molar refractivity (Wildman–Crippen MR) is 75.6 cm³/mol. The van der Waals surface area contributed by atoms with Crippen molar-refractivity contribution >= 4 is 10.0 Å². The van der Waals surface area contributed by atoms with Crippen molar-refractivity contribution < 1.29 is 13.2 Å². The number of rotatable bonds is 8. The predicted octanol–water partition coefficient (Wildman–Crippen LogP) is 0.958. The molecule has 6 heteroatoms. The van der Waals surface area contributed by atoms with Crippen molar-refractivity contribution in [2.75, 3.05) is 25.4 Å². The first-order valence-electron chi connectivity index (χ1n) is 7.33. The maximum atomic E-state index is 12.4. The fourth-order valence-electron chi connectivity index (χ4n) is 2.49. The van der Waals surface area contributed by atoms with Crippen LogP contribution in [0.1, 0.15) is 39.5 Å². The molecule has 0 amide bonds. The molecule has 19 heavy (non-hydrogen) atoms. The van der Waals surface area contributed by atoms with Crippen LogP contribution in [0.25, 0.3) is 0 Å². The van der Waals surface area contributed by atoms with E-state index in [2.05, 4.69) is 5.32 Å². The highest BCUT2D eigenvalue weighted by Gasteiger charge is 2.38. The number of sulfonamides is 1. The smallest absolute Gasteiger partial charge is 0.216 e. The average molecular weight is 290 g/mol. The third-order valence-electron chi connectivity index (χ3n) is 3.67. The summed E-state index contributed by atoms with van der Waals surface area (Å²) in [4.78, 5) is 0. The topological polar surface area (TPSA) is 58.6 Å². The van der Waals surface area contributed by atoms with Gasteiger partial charge in [-0.25, -0.2) is 8.42 Å². The highest BCUT2D eigenvalue weighted by molar-refractivity contribution is 7.89. The summed E-state index contributed by atoms with van der Waals surface area (Å²) in [5.41, 5.74) is 0. The number of nitrogens with one attached hydrogen (secondary N) is 1. The van der Waals surface area contributed by atoms with Gasteiger partial charge in [-0.3, -0.25) is 0 Å². The highest BCUT2D eigenvalue weighted by Crippen LogP contribution is 2.30. The van der Waals surface area contributed by atoms with Crippen LogP contribution in [0, 0.1) is 0 Å². The van der Waals surface area contributed by atoms with Gasteiger partial charge in [0, 0.05) is 18.6 Å². The molecule has 2 fully saturated rings. The first kappa shape index (κ1) is 15.2. The summed E-state index contributed by atoms with van der Waals surface area (Å²) >= 11 is 0. The second kappa shape index (κ2) is 6.52. The second-order valence-corrected chi connectivity index (χ2v) is 7.87. The van der Waals surface area contributed by atoms with Crippen LogP contribution in [0.2, 0.25) is 0 Å². The molecule has 1 N–H and O–H groups in total. The monoisotopic (exact) mass is 290 g/mol. The summed E-state index contributed by atoms with van der Waals surface area (Å²) in [6.07, 6.45) is 4.34. The van der Waals surface area contributed by atoms with Crippen LogP contribution in [-0.2, 0) is 14.8 Å². The van der Waals surface area contributed by atoms with Crippen molar-refractivity contribution in [1.82, 2.24) is 9.62 Å². The molecule has 1 saturated carbocycles. The first-order chi connectivity index (χ1) is 8.99. The summed E-state index contributed by atoms with van der Waals surface area (Å²) in [5.74, 6) is 0.106. The molecule has 1 aliphatic carbocycles. The van der Waals surface area contributed by atoms with E-state index < -0.39 is 10.0 Å². The quantitative estimate of drug-likeness (QED) is 0.723. The Balaban J connectivity index is 1.89. The molecule has 1 atom stereocenters. The number of ether oxygens (including phenoxy) is 1. The van der Waals surface area contributed by atoms with Gasteiger partial charge in [-0.1, -0.05) is 0 Å². The van der Waals surface area contributed by atoms with Crippen LogP contribution in [0.4, 0.5) is 0 Å². The van der Waals surface area contributed by atoms with Crippen molar-refractivity contribution in [1.29, 1.82) is 0 Å². The lowest BCUT2D eigenvalue weighted by atomic mass is 10.2. The fraction of sp³-hybridized carbons (Fsp3) is 1.00. The molecule has 0 radical (unpaired) electrons. The van der Waals surface area contributed by atoms with Gasteiger partial charge in [-0.05, 0) is 46.1 Å². The molecular formula is C13H26N2O3S. The Labute approximate surface area is 116 Å². The van der Waals surface area contributed by atoms with Crippen molar-refractivity contribution in [3.05, 3.63) is 0 Å². The molecule has 0 spiro atoms. The molecule has 1 unspecified atom stereocenters. The normalized spacial score (nSPS) is 24.5. The molecule has 5 nitrogen and oxygen atoms in total. The van der Waals surface area contributed by atoms with Gasteiger partial charge in [0.25, 0.3) is 0 Å². The van der Waals surface area contributed by atoms with Crippen LogP contribution >= 0.6 is 0 Å². The van der Waals surface area contributed by atoms with Crippen molar-refractivity contribution in [3.8, 4) is 0 Å². The van der Waals surface area contributed by atoms with E-state index in [1.54, 1.807) is 4.31 Å². The van der Waals surface area contributed by atoms with E-state index >= 15 is 0 Å². The van der Waals surface area contributed by atoms with Gasteiger partial charge in [-0.15, -0.1) is 0 Å². The van der Waals surface area contributed by atoms with Gasteiger partial charge in [-0.2, -0.15) is 4.31 Å². The average Bonchev–Trinajstić information content (AvgIpc) is 3.02. The van der Waals surface area contributed by atoms with Crippen molar-refractivity contribution in [2.24, 2.45) is 0 Å². The summed E-state index contributed by atoms with van der Waals surface area (Å²) in [7, 11) is -3.17. The Hall–Kier alpha value is -0.170. The number of hydrogen-bond acceptors (Lipinski definition) is 4. The molecule has 1 aliphatic heterocycles. The van der Waals surface area contributed by atoms with Crippen LogP contribution in [0.5, 0.6) is 0 Å². The maximum Gasteiger partial charge on any atom is 0.216 e. The van der Waals surface area contributed by atoms with E-state index in [1.165, 1.54) is 0 Å². The maximum absolute atomic E-state index is 12.4. The van der Waals surface area contributed by atoms with Crippen LogP contribution < -0.4 is 5.32 Å². The van der Waals surface area contributed by atoms with Crippen molar-refractivity contribution in [3.63, 3.8) is 0 Å². The van der Waals surface area contributed by atoms with Gasteiger partial charge in [0.15, 0.2) is 0 Å². The third kappa shape index (κ3) is 4.70. The van der Waals surface area contributed by atoms with Gasteiger partial charge in [0.05, 0.1) is 18.5 Å². The summed E-state index contributed by atoms with van der Waals surface area (Å²) < 4.78 is 31.9. The van der Waals surface area contributed by atoms with E-state index in [-0.39, 0.29) is 17.9 Å². The zero-order valence-corrected chi connectivity index (χ0v) is 12.8. The molecule has 0 bridgehead atoms. The van der Waals surface area contributed by atoms with Crippen LogP contribution in [0.15, 0.2) is 0 Å². The SMILES string of the molecule is CC(C)OCCS(=O)(=O)N(CC1CCCN1)C1CC1. The van der Waals surface area contributed by atoms with E-state index in [1.807, 2.05) is 13.8 Å². The zero-order valence-electron chi connectivity index (χ0n) is 12.0. The first-order valence-corrected chi connectivity index (χ1v) is 8.94. The second-order valence-electron chi connectivity index (χ2n) is 5.83. The minimum absolute atomic E-state index is 0.0843. The largest absolute Gasteiger partial charge is 0.378 e. The molecule has 2 aliphatic rings. The summed E-state index contributed by atoms with van der Waals surface area (Å²) in [5, 5.41) is 3.38. The Bertz CT molecular complexity index is 373. The Morgan fingerprint density at radius 1 is 1.32 bits per heavy atom. The molecule has 1 heterocycles. The lowest BCUT2D eigenvalue weighted by molar-refractivity contribution is 0.0906. The van der Waals surface area contributed by atoms with Gasteiger partial charge in [0.2, 0.25) is 10.0 Å². The minimum atomic E-state index is -3.17.